The zero-order valence-corrected chi connectivity index (χ0v) is 13.6. The van der Waals surface area contributed by atoms with E-state index in [9.17, 15) is 9.59 Å². The van der Waals surface area contributed by atoms with Gasteiger partial charge in [-0.25, -0.2) is 4.90 Å². The van der Waals surface area contributed by atoms with Gasteiger partial charge in [0, 0.05) is 6.07 Å². The number of allylic oxidation sites excluding steroid dienone is 2. The number of anilines is 1. The molecular weight excluding hydrogens is 306 g/mol. The van der Waals surface area contributed by atoms with Crippen molar-refractivity contribution in [1.29, 1.82) is 0 Å². The number of hydrogen-bond donors (Lipinski definition) is 0. The highest BCUT2D eigenvalue weighted by Crippen LogP contribution is 2.65. The van der Waals surface area contributed by atoms with Crippen LogP contribution < -0.4 is 14.4 Å². The Bertz CT molecular complexity index is 750. The molecule has 1 aromatic carbocycles. The van der Waals surface area contributed by atoms with Crippen LogP contribution in [0.5, 0.6) is 11.5 Å². The number of rotatable bonds is 3. The molecular formula is C19H19NO4. The number of amides is 2. The predicted molar refractivity (Wildman–Crippen MR) is 86.7 cm³/mol. The van der Waals surface area contributed by atoms with Crippen molar-refractivity contribution in [2.45, 2.75) is 6.42 Å². The molecule has 6 atom stereocenters. The lowest BCUT2D eigenvalue weighted by Gasteiger charge is -2.37. The summed E-state index contributed by atoms with van der Waals surface area (Å²) in [6, 6.07) is 5.21. The number of hydrogen-bond acceptors (Lipinski definition) is 4. The van der Waals surface area contributed by atoms with Gasteiger partial charge >= 0.3 is 0 Å². The minimum atomic E-state index is -0.202. The topological polar surface area (TPSA) is 55.8 Å². The Balaban J connectivity index is 1.60. The smallest absolute Gasteiger partial charge is 0.238 e. The molecule has 2 bridgehead atoms. The molecule has 1 aromatic rings. The second-order valence-electron chi connectivity index (χ2n) is 7.20. The maximum absolute atomic E-state index is 13.1. The van der Waals surface area contributed by atoms with Crippen molar-refractivity contribution in [1.82, 2.24) is 0 Å². The molecule has 2 saturated carbocycles. The van der Waals surface area contributed by atoms with Gasteiger partial charge < -0.3 is 9.47 Å². The molecule has 6 unspecified atom stereocenters. The summed E-state index contributed by atoms with van der Waals surface area (Å²) in [4.78, 5) is 27.6. The number of ether oxygens (including phenoxy) is 2. The molecule has 2 amide bonds. The van der Waals surface area contributed by atoms with Gasteiger partial charge in [-0.2, -0.15) is 0 Å². The van der Waals surface area contributed by atoms with Crippen LogP contribution >= 0.6 is 0 Å². The summed E-state index contributed by atoms with van der Waals surface area (Å²) in [5.41, 5.74) is 0.495. The Kier molecular flexibility index (Phi) is 2.71. The third-order valence-corrected chi connectivity index (χ3v) is 6.29. The molecule has 3 fully saturated rings. The van der Waals surface area contributed by atoms with Gasteiger partial charge in [-0.05, 0) is 42.2 Å². The van der Waals surface area contributed by atoms with Crippen molar-refractivity contribution in [3.63, 3.8) is 0 Å². The van der Waals surface area contributed by atoms with Gasteiger partial charge in [0.1, 0.15) is 11.5 Å². The fourth-order valence-corrected chi connectivity index (χ4v) is 5.17. The summed E-state index contributed by atoms with van der Waals surface area (Å²) < 4.78 is 10.7. The maximum atomic E-state index is 13.1. The number of methoxy groups -OCH3 is 2. The van der Waals surface area contributed by atoms with Gasteiger partial charge in [-0.3, -0.25) is 9.59 Å². The van der Waals surface area contributed by atoms with Crippen LogP contribution in [0.2, 0.25) is 0 Å². The first-order chi connectivity index (χ1) is 11.7. The first-order valence-corrected chi connectivity index (χ1v) is 8.44. The molecule has 0 spiro atoms. The van der Waals surface area contributed by atoms with Gasteiger partial charge in [0.05, 0.1) is 31.7 Å². The maximum Gasteiger partial charge on any atom is 0.238 e. The van der Waals surface area contributed by atoms with Crippen LogP contribution in [-0.4, -0.2) is 26.0 Å². The molecule has 1 aliphatic heterocycles. The zero-order chi connectivity index (χ0) is 16.6. The van der Waals surface area contributed by atoms with Gasteiger partial charge in [-0.15, -0.1) is 0 Å². The Hall–Kier alpha value is -2.30. The van der Waals surface area contributed by atoms with Crippen LogP contribution in [0.4, 0.5) is 5.69 Å². The van der Waals surface area contributed by atoms with Crippen molar-refractivity contribution in [2.75, 3.05) is 19.1 Å². The number of carbonyl (C=O) groups excluding carboxylic acids is 2. The van der Waals surface area contributed by atoms with Gasteiger partial charge in [-0.1, -0.05) is 12.2 Å². The highest BCUT2D eigenvalue weighted by molar-refractivity contribution is 6.23. The molecule has 5 heteroatoms. The molecule has 0 aromatic heterocycles. The van der Waals surface area contributed by atoms with Crippen molar-refractivity contribution in [2.24, 2.45) is 35.5 Å². The molecule has 4 aliphatic carbocycles. The minimum Gasteiger partial charge on any atom is -0.497 e. The van der Waals surface area contributed by atoms with Crippen molar-refractivity contribution in [3.8, 4) is 11.5 Å². The molecule has 124 valence electrons. The van der Waals surface area contributed by atoms with Crippen molar-refractivity contribution in [3.05, 3.63) is 30.4 Å². The van der Waals surface area contributed by atoms with Gasteiger partial charge in [0.25, 0.3) is 0 Å². The van der Waals surface area contributed by atoms with Gasteiger partial charge in [0.15, 0.2) is 0 Å². The fraction of sp³-hybridized carbons (Fsp3) is 0.474. The van der Waals surface area contributed by atoms with E-state index in [-0.39, 0.29) is 35.5 Å². The summed E-state index contributed by atoms with van der Waals surface area (Å²) >= 11 is 0. The quantitative estimate of drug-likeness (QED) is 0.632. The van der Waals surface area contributed by atoms with E-state index in [1.807, 2.05) is 0 Å². The lowest BCUT2D eigenvalue weighted by atomic mass is 9.63. The third kappa shape index (κ3) is 1.60. The van der Waals surface area contributed by atoms with E-state index < -0.39 is 0 Å². The van der Waals surface area contributed by atoms with Crippen LogP contribution in [0.15, 0.2) is 30.4 Å². The normalized spacial score (nSPS) is 38.2. The first-order valence-electron chi connectivity index (χ1n) is 8.44. The monoisotopic (exact) mass is 325 g/mol. The molecule has 5 aliphatic rings. The number of nitrogens with zero attached hydrogens (tertiary/aromatic N) is 1. The molecule has 1 saturated heterocycles. The average Bonchev–Trinajstić information content (AvgIpc) is 3.39. The van der Waals surface area contributed by atoms with E-state index in [4.69, 9.17) is 9.47 Å². The van der Waals surface area contributed by atoms with Crippen LogP contribution in [0, 0.1) is 35.5 Å². The Labute approximate surface area is 140 Å². The molecule has 1 heterocycles. The van der Waals surface area contributed by atoms with Crippen molar-refractivity contribution >= 4 is 17.5 Å². The lowest BCUT2D eigenvalue weighted by Crippen LogP contribution is -2.40. The fourth-order valence-electron chi connectivity index (χ4n) is 5.17. The highest BCUT2D eigenvalue weighted by Gasteiger charge is 2.67. The summed E-state index contributed by atoms with van der Waals surface area (Å²) in [5, 5.41) is 0. The van der Waals surface area contributed by atoms with Gasteiger partial charge in [0.2, 0.25) is 11.8 Å². The first kappa shape index (κ1) is 14.1. The average molecular weight is 325 g/mol. The van der Waals surface area contributed by atoms with Crippen LogP contribution in [-0.2, 0) is 9.59 Å². The zero-order valence-electron chi connectivity index (χ0n) is 13.6. The Morgan fingerprint density at radius 1 is 0.958 bits per heavy atom. The van der Waals surface area contributed by atoms with E-state index in [1.165, 1.54) is 11.3 Å². The molecule has 0 radical (unpaired) electrons. The van der Waals surface area contributed by atoms with Crippen LogP contribution in [0.1, 0.15) is 6.42 Å². The standard InChI is InChI=1S/C19H19NO4/c1-23-9-3-6-15(24-2)14(7-9)20-18(21)16-10-4-5-11(13-8-12(10)13)17(16)19(20)22/h3-7,10-13,16-17H,8H2,1-2H3. The highest BCUT2D eigenvalue weighted by atomic mass is 16.5. The number of imide groups is 1. The molecule has 0 N–H and O–H groups in total. The van der Waals surface area contributed by atoms with Crippen LogP contribution in [0.25, 0.3) is 0 Å². The van der Waals surface area contributed by atoms with E-state index >= 15 is 0 Å². The second kappa shape index (κ2) is 4.62. The Morgan fingerprint density at radius 3 is 2.12 bits per heavy atom. The lowest BCUT2D eigenvalue weighted by molar-refractivity contribution is -0.124. The summed E-state index contributed by atoms with van der Waals surface area (Å²) in [5.74, 6) is 2.20. The summed E-state index contributed by atoms with van der Waals surface area (Å²) in [7, 11) is 3.11. The predicted octanol–water partition coefficient (Wildman–Crippen LogP) is 2.26. The largest absolute Gasteiger partial charge is 0.497 e. The van der Waals surface area contributed by atoms with E-state index in [0.717, 1.165) is 0 Å². The summed E-state index contributed by atoms with van der Waals surface area (Å²) in [6.07, 6.45) is 5.52. The van der Waals surface area contributed by atoms with Crippen molar-refractivity contribution < 1.29 is 19.1 Å². The molecule has 5 nitrogen and oxygen atoms in total. The van der Waals surface area contributed by atoms with E-state index in [1.54, 1.807) is 32.4 Å². The van der Waals surface area contributed by atoms with E-state index in [2.05, 4.69) is 12.2 Å². The van der Waals surface area contributed by atoms with E-state index in [0.29, 0.717) is 29.0 Å². The third-order valence-electron chi connectivity index (χ3n) is 6.29. The second-order valence-corrected chi connectivity index (χ2v) is 7.20. The number of benzene rings is 1. The SMILES string of the molecule is COc1ccc(OC)c(N2C(=O)C3C4C=CC(C5CC45)C3C2=O)c1. The number of carbonyl (C=O) groups is 2. The molecule has 24 heavy (non-hydrogen) atoms. The Morgan fingerprint density at radius 2 is 1.58 bits per heavy atom. The summed E-state index contributed by atoms with van der Waals surface area (Å²) in [6.45, 7) is 0. The molecule has 6 rings (SSSR count). The minimum absolute atomic E-state index is 0.0822. The van der Waals surface area contributed by atoms with Crippen LogP contribution in [0.3, 0.4) is 0 Å².